The Morgan fingerprint density at radius 3 is 2.13 bits per heavy atom. The number of benzene rings is 4. The molecule has 0 aliphatic carbocycles. The van der Waals surface area contributed by atoms with Gasteiger partial charge in [0.1, 0.15) is 23.4 Å². The molecule has 0 bridgehead atoms. The van der Waals surface area contributed by atoms with Gasteiger partial charge in [0.2, 0.25) is 5.91 Å². The molecule has 4 rings (SSSR count). The molecule has 0 spiro atoms. The normalized spacial score (nSPS) is 13.0. The van der Waals surface area contributed by atoms with E-state index in [0.717, 1.165) is 16.3 Å². The van der Waals surface area contributed by atoms with Gasteiger partial charge in [0, 0.05) is 17.6 Å². The van der Waals surface area contributed by atoms with E-state index in [-0.39, 0.29) is 12.2 Å². The molecule has 2 atom stereocenters. The van der Waals surface area contributed by atoms with Gasteiger partial charge in [0.05, 0.1) is 0 Å². The number of fused-ring (bicyclic) bond motifs is 1. The Bertz CT molecular complexity index is 1640. The summed E-state index contributed by atoms with van der Waals surface area (Å²) < 4.78 is 5.54. The number of carbonyl (C=O) groups excluding carboxylic acids is 3. The number of carbonyl (C=O) groups is 3. The van der Waals surface area contributed by atoms with Crippen molar-refractivity contribution in [1.29, 1.82) is 0 Å². The maximum atomic E-state index is 14.8. The Balaban J connectivity index is 1.80. The molecule has 236 valence electrons. The van der Waals surface area contributed by atoms with Crippen molar-refractivity contribution in [3.63, 3.8) is 0 Å². The molecule has 3 amide bonds. The van der Waals surface area contributed by atoms with Gasteiger partial charge in [-0.25, -0.2) is 4.79 Å². The lowest BCUT2D eigenvalue weighted by Crippen LogP contribution is -2.59. The first-order valence-corrected chi connectivity index (χ1v) is 15.2. The predicted octanol–water partition coefficient (Wildman–Crippen LogP) is 7.38. The Hall–Kier alpha value is -4.85. The zero-order chi connectivity index (χ0) is 32.8. The molecule has 8 heteroatoms. The highest BCUT2D eigenvalue weighted by Crippen LogP contribution is 2.34. The zero-order valence-electron chi connectivity index (χ0n) is 26.8. The molecule has 0 saturated heterocycles. The van der Waals surface area contributed by atoms with Gasteiger partial charge in [-0.1, -0.05) is 79.7 Å². The van der Waals surface area contributed by atoms with Gasteiger partial charge >= 0.3 is 6.09 Å². The quantitative estimate of drug-likeness (QED) is 0.174. The second kappa shape index (κ2) is 13.8. The molecule has 3 N–H and O–H groups in total. The van der Waals surface area contributed by atoms with Gasteiger partial charge in [-0.2, -0.15) is 0 Å². The summed E-state index contributed by atoms with van der Waals surface area (Å²) in [4.78, 5) is 43.7. The molecule has 0 aliphatic heterocycles. The molecule has 8 nitrogen and oxygen atoms in total. The van der Waals surface area contributed by atoms with E-state index < -0.39 is 41.1 Å². The molecule has 4 aromatic carbocycles. The molecule has 0 saturated carbocycles. The van der Waals surface area contributed by atoms with Crippen LogP contribution in [-0.4, -0.2) is 45.1 Å². The van der Waals surface area contributed by atoms with Crippen LogP contribution in [0.2, 0.25) is 0 Å². The average molecular weight is 610 g/mol. The van der Waals surface area contributed by atoms with Gasteiger partial charge in [0.25, 0.3) is 5.91 Å². The molecule has 0 heterocycles. The molecule has 45 heavy (non-hydrogen) atoms. The van der Waals surface area contributed by atoms with E-state index in [4.69, 9.17) is 4.74 Å². The number of amides is 3. The van der Waals surface area contributed by atoms with Crippen LogP contribution < -0.4 is 10.6 Å². The number of nitrogens with one attached hydrogen (secondary N) is 2. The predicted molar refractivity (Wildman–Crippen MR) is 178 cm³/mol. The van der Waals surface area contributed by atoms with Crippen molar-refractivity contribution in [3.05, 3.63) is 108 Å². The summed E-state index contributed by atoms with van der Waals surface area (Å²) in [5.74, 6) is -0.953. The standard InChI is InChI=1S/C37H43N3O5/c1-7-37(5,6)40(34(43)31(22-25-14-9-8-10-15-25)39-35(44)45-36(2,3)4)32(28-18-13-19-30(41)24-28)33(42)38-29-21-20-26-16-11-12-17-27(26)23-29/h8-21,23-24,31-32,41H,7,22H2,1-6H3,(H,38,42)(H,39,44). The third-order valence-corrected chi connectivity index (χ3v) is 7.74. The van der Waals surface area contributed by atoms with Crippen molar-refractivity contribution in [2.24, 2.45) is 0 Å². The Morgan fingerprint density at radius 2 is 1.49 bits per heavy atom. The molecular formula is C37H43N3O5. The van der Waals surface area contributed by atoms with Gasteiger partial charge in [-0.15, -0.1) is 0 Å². The number of ether oxygens (including phenoxy) is 1. The number of anilines is 1. The average Bonchev–Trinajstić information content (AvgIpc) is 2.98. The SMILES string of the molecule is CCC(C)(C)N(C(=O)C(Cc1ccccc1)NC(=O)OC(C)(C)C)C(C(=O)Nc1ccc2ccccc2c1)c1cccc(O)c1. The molecular weight excluding hydrogens is 566 g/mol. The van der Waals surface area contributed by atoms with Gasteiger partial charge in [-0.05, 0) is 87.2 Å². The number of alkyl carbamates (subject to hydrolysis) is 1. The maximum Gasteiger partial charge on any atom is 0.408 e. The summed E-state index contributed by atoms with van der Waals surface area (Å²) in [7, 11) is 0. The highest BCUT2D eigenvalue weighted by atomic mass is 16.6. The van der Waals surface area contributed by atoms with Crippen LogP contribution in [0.4, 0.5) is 10.5 Å². The third-order valence-electron chi connectivity index (χ3n) is 7.74. The van der Waals surface area contributed by atoms with Crippen molar-refractivity contribution in [2.45, 2.75) is 77.6 Å². The van der Waals surface area contributed by atoms with Crippen molar-refractivity contribution in [2.75, 3.05) is 5.32 Å². The van der Waals surface area contributed by atoms with Crippen LogP contribution in [0, 0.1) is 0 Å². The Labute approximate surface area is 265 Å². The van der Waals surface area contributed by atoms with Crippen molar-refractivity contribution >= 4 is 34.4 Å². The van der Waals surface area contributed by atoms with Gasteiger partial charge in [-0.3, -0.25) is 9.59 Å². The van der Waals surface area contributed by atoms with Crippen molar-refractivity contribution in [3.8, 4) is 5.75 Å². The molecule has 2 unspecified atom stereocenters. The number of aromatic hydroxyl groups is 1. The molecule has 4 aromatic rings. The number of hydrogen-bond donors (Lipinski definition) is 3. The van der Waals surface area contributed by atoms with E-state index in [1.807, 2.05) is 93.6 Å². The number of nitrogens with zero attached hydrogens (tertiary/aromatic N) is 1. The number of hydrogen-bond acceptors (Lipinski definition) is 5. The van der Waals surface area contributed by atoms with E-state index in [9.17, 15) is 19.5 Å². The lowest BCUT2D eigenvalue weighted by molar-refractivity contribution is -0.147. The molecule has 0 radical (unpaired) electrons. The lowest BCUT2D eigenvalue weighted by atomic mass is 9.91. The molecule has 0 aromatic heterocycles. The Kier molecular flexibility index (Phi) is 10.2. The highest BCUT2D eigenvalue weighted by Gasteiger charge is 2.43. The van der Waals surface area contributed by atoms with E-state index in [0.29, 0.717) is 17.7 Å². The van der Waals surface area contributed by atoms with Crippen LogP contribution in [0.3, 0.4) is 0 Å². The minimum Gasteiger partial charge on any atom is -0.508 e. The van der Waals surface area contributed by atoms with Crippen LogP contribution in [0.15, 0.2) is 97.1 Å². The summed E-state index contributed by atoms with van der Waals surface area (Å²) in [6.07, 6.45) is -0.0589. The first-order chi connectivity index (χ1) is 21.3. The lowest BCUT2D eigenvalue weighted by Gasteiger charge is -2.44. The first-order valence-electron chi connectivity index (χ1n) is 15.2. The second-order valence-corrected chi connectivity index (χ2v) is 12.8. The van der Waals surface area contributed by atoms with E-state index in [2.05, 4.69) is 10.6 Å². The fraction of sp³-hybridized carbons (Fsp3) is 0.324. The minimum absolute atomic E-state index is 0.0366. The third kappa shape index (κ3) is 8.62. The fourth-order valence-corrected chi connectivity index (χ4v) is 5.20. The number of rotatable bonds is 10. The maximum absolute atomic E-state index is 14.8. The van der Waals surface area contributed by atoms with E-state index >= 15 is 0 Å². The smallest absolute Gasteiger partial charge is 0.408 e. The van der Waals surface area contributed by atoms with E-state index in [1.54, 1.807) is 32.9 Å². The topological polar surface area (TPSA) is 108 Å². The van der Waals surface area contributed by atoms with Crippen molar-refractivity contribution < 1.29 is 24.2 Å². The van der Waals surface area contributed by atoms with Crippen LogP contribution in [-0.2, 0) is 20.7 Å². The summed E-state index contributed by atoms with van der Waals surface area (Å²) in [6, 6.07) is 27.0. The van der Waals surface area contributed by atoms with Crippen LogP contribution in [0.1, 0.15) is 65.1 Å². The van der Waals surface area contributed by atoms with Crippen LogP contribution in [0.5, 0.6) is 5.75 Å². The van der Waals surface area contributed by atoms with Gasteiger partial charge in [0.15, 0.2) is 0 Å². The second-order valence-electron chi connectivity index (χ2n) is 12.8. The summed E-state index contributed by atoms with van der Waals surface area (Å²) in [6.45, 7) is 11.0. The van der Waals surface area contributed by atoms with E-state index in [1.165, 1.54) is 17.0 Å². The Morgan fingerprint density at radius 1 is 0.822 bits per heavy atom. The minimum atomic E-state index is -1.15. The first kappa shape index (κ1) is 33.1. The molecule has 0 aliphatic rings. The zero-order valence-corrected chi connectivity index (χ0v) is 26.8. The highest BCUT2D eigenvalue weighted by molar-refractivity contribution is 6.00. The molecule has 0 fully saturated rings. The summed E-state index contributed by atoms with van der Waals surface area (Å²) >= 11 is 0. The van der Waals surface area contributed by atoms with Crippen molar-refractivity contribution in [1.82, 2.24) is 10.2 Å². The van der Waals surface area contributed by atoms with Crippen LogP contribution in [0.25, 0.3) is 10.8 Å². The van der Waals surface area contributed by atoms with Crippen LogP contribution >= 0.6 is 0 Å². The van der Waals surface area contributed by atoms with Gasteiger partial charge < -0.3 is 25.4 Å². The number of phenols is 1. The fourth-order valence-electron chi connectivity index (χ4n) is 5.20. The number of phenolic OH excluding ortho intramolecular Hbond substituents is 1. The largest absolute Gasteiger partial charge is 0.508 e. The summed E-state index contributed by atoms with van der Waals surface area (Å²) in [5.41, 5.74) is 0.197. The summed E-state index contributed by atoms with van der Waals surface area (Å²) in [5, 5.41) is 18.2. The monoisotopic (exact) mass is 609 g/mol.